The number of amides is 1. The second kappa shape index (κ2) is 9.04. The Labute approximate surface area is 206 Å². The number of thioether (sulfide) groups is 1. The molecule has 2 aromatic carbocycles. The molecule has 1 N–H and O–H groups in total. The number of hydrogen-bond donors (Lipinski definition) is 1. The van der Waals surface area contributed by atoms with Gasteiger partial charge in [0.15, 0.2) is 0 Å². The molecule has 172 valence electrons. The molecule has 1 amide bonds. The number of rotatable bonds is 5. The summed E-state index contributed by atoms with van der Waals surface area (Å²) in [5.74, 6) is 2.16. The Morgan fingerprint density at radius 3 is 2.47 bits per heavy atom. The fourth-order valence-corrected chi connectivity index (χ4v) is 7.16. The van der Waals surface area contributed by atoms with Crippen molar-refractivity contribution in [2.24, 2.45) is 0 Å². The summed E-state index contributed by atoms with van der Waals surface area (Å²) < 4.78 is 0. The van der Waals surface area contributed by atoms with Crippen LogP contribution < -0.4 is 5.56 Å². The second-order valence-electron chi connectivity index (χ2n) is 8.92. The van der Waals surface area contributed by atoms with E-state index in [0.717, 1.165) is 29.5 Å². The first-order valence-electron chi connectivity index (χ1n) is 11.7. The Morgan fingerprint density at radius 2 is 1.74 bits per heavy atom. The quantitative estimate of drug-likeness (QED) is 0.388. The third-order valence-electron chi connectivity index (χ3n) is 6.72. The van der Waals surface area contributed by atoms with Crippen molar-refractivity contribution >= 4 is 39.2 Å². The highest BCUT2D eigenvalue weighted by atomic mass is 32.2. The fourth-order valence-electron chi connectivity index (χ4n) is 5.09. The van der Waals surface area contributed by atoms with Gasteiger partial charge in [0.1, 0.15) is 10.7 Å². The van der Waals surface area contributed by atoms with Crippen LogP contribution in [0.5, 0.6) is 0 Å². The van der Waals surface area contributed by atoms with Gasteiger partial charge in [-0.1, -0.05) is 48.5 Å². The number of fused-ring (bicyclic) bond motifs is 6. The van der Waals surface area contributed by atoms with E-state index in [2.05, 4.69) is 41.4 Å². The van der Waals surface area contributed by atoms with Crippen molar-refractivity contribution in [3.05, 3.63) is 86.3 Å². The first kappa shape index (κ1) is 21.6. The molecule has 0 fully saturated rings. The van der Waals surface area contributed by atoms with Crippen molar-refractivity contribution in [3.63, 3.8) is 0 Å². The van der Waals surface area contributed by atoms with E-state index in [0.29, 0.717) is 36.8 Å². The minimum atomic E-state index is -0.0158. The minimum absolute atomic E-state index is 0.0158. The summed E-state index contributed by atoms with van der Waals surface area (Å²) in [6.45, 7) is 1.26. The normalized spacial score (nSPS) is 14.5. The van der Waals surface area contributed by atoms with Gasteiger partial charge in [0.2, 0.25) is 5.91 Å². The van der Waals surface area contributed by atoms with Crippen LogP contribution in [0.2, 0.25) is 0 Å². The van der Waals surface area contributed by atoms with Crippen LogP contribution in [0.15, 0.2) is 53.3 Å². The molecule has 6 rings (SSSR count). The van der Waals surface area contributed by atoms with Crippen LogP contribution in [0, 0.1) is 0 Å². The third-order valence-corrected chi connectivity index (χ3v) is 8.88. The van der Waals surface area contributed by atoms with E-state index in [1.165, 1.54) is 32.7 Å². The zero-order chi connectivity index (χ0) is 23.1. The van der Waals surface area contributed by atoms with E-state index in [9.17, 15) is 9.59 Å². The van der Waals surface area contributed by atoms with Gasteiger partial charge in [0, 0.05) is 30.1 Å². The van der Waals surface area contributed by atoms with E-state index < -0.39 is 0 Å². The molecule has 34 heavy (non-hydrogen) atoms. The number of H-pyrrole nitrogens is 1. The zero-order valence-corrected chi connectivity index (χ0v) is 20.4. The van der Waals surface area contributed by atoms with Gasteiger partial charge in [-0.05, 0) is 47.1 Å². The van der Waals surface area contributed by atoms with Gasteiger partial charge in [-0.2, -0.15) is 11.8 Å². The second-order valence-corrected chi connectivity index (χ2v) is 11.1. The smallest absolute Gasteiger partial charge is 0.259 e. The highest BCUT2D eigenvalue weighted by Gasteiger charge is 2.23. The van der Waals surface area contributed by atoms with E-state index in [1.807, 2.05) is 17.0 Å². The Balaban J connectivity index is 1.11. The molecule has 7 heteroatoms. The van der Waals surface area contributed by atoms with E-state index in [-0.39, 0.29) is 11.5 Å². The Bertz CT molecular complexity index is 1410. The van der Waals surface area contributed by atoms with E-state index in [1.54, 1.807) is 23.1 Å². The van der Waals surface area contributed by atoms with Gasteiger partial charge in [-0.15, -0.1) is 11.3 Å². The average molecular weight is 488 g/mol. The summed E-state index contributed by atoms with van der Waals surface area (Å²) in [4.78, 5) is 37.6. The molecule has 0 radical (unpaired) electrons. The maximum absolute atomic E-state index is 13.1. The van der Waals surface area contributed by atoms with Gasteiger partial charge in [0.25, 0.3) is 5.56 Å². The summed E-state index contributed by atoms with van der Waals surface area (Å²) in [6.07, 6.45) is 3.65. The van der Waals surface area contributed by atoms with Crippen LogP contribution in [0.25, 0.3) is 21.3 Å². The maximum Gasteiger partial charge on any atom is 0.259 e. The molecule has 0 saturated carbocycles. The molecule has 3 heterocycles. The molecule has 0 saturated heterocycles. The van der Waals surface area contributed by atoms with Crippen molar-refractivity contribution in [1.82, 2.24) is 14.9 Å². The zero-order valence-electron chi connectivity index (χ0n) is 18.8. The highest BCUT2D eigenvalue weighted by molar-refractivity contribution is 7.98. The monoisotopic (exact) mass is 487 g/mol. The summed E-state index contributed by atoms with van der Waals surface area (Å²) in [5, 5.41) is 0.795. The molecule has 0 spiro atoms. The Kier molecular flexibility index (Phi) is 5.75. The number of carbonyl (C=O) groups excluding carboxylic acids is 1. The number of benzene rings is 2. The molecule has 0 bridgehead atoms. The van der Waals surface area contributed by atoms with Gasteiger partial charge in [0.05, 0.1) is 11.1 Å². The van der Waals surface area contributed by atoms with Crippen molar-refractivity contribution in [2.75, 3.05) is 5.75 Å². The topological polar surface area (TPSA) is 66.1 Å². The molecule has 2 aliphatic rings. The number of hydrogen-bond acceptors (Lipinski definition) is 5. The standard InChI is InChI=1S/C27H25N3O2S2/c31-24(30-14-17-6-1-3-8-19(17)20-9-4-2-7-18(20)15-30)12-13-33-16-23-28-26(32)25-21-10-5-11-22(21)34-27(25)29-23/h1-4,6-9H,5,10-16H2,(H,28,29,32). The number of thiophene rings is 1. The maximum atomic E-state index is 13.1. The molecule has 1 aliphatic heterocycles. The van der Waals surface area contributed by atoms with Crippen LogP contribution in [-0.4, -0.2) is 26.5 Å². The number of aromatic nitrogens is 2. The summed E-state index contributed by atoms with van der Waals surface area (Å²) in [6, 6.07) is 16.7. The van der Waals surface area contributed by atoms with Crippen molar-refractivity contribution in [3.8, 4) is 11.1 Å². The fraction of sp³-hybridized carbons (Fsp3) is 0.296. The molecule has 4 aromatic rings. The molecular weight excluding hydrogens is 462 g/mol. The lowest BCUT2D eigenvalue weighted by atomic mass is 9.97. The number of nitrogens with one attached hydrogen (secondary N) is 1. The highest BCUT2D eigenvalue weighted by Crippen LogP contribution is 2.35. The lowest BCUT2D eigenvalue weighted by molar-refractivity contribution is -0.131. The summed E-state index contributed by atoms with van der Waals surface area (Å²) >= 11 is 3.31. The first-order valence-corrected chi connectivity index (χ1v) is 13.7. The molecular formula is C27H25N3O2S2. The van der Waals surface area contributed by atoms with E-state index in [4.69, 9.17) is 4.98 Å². The van der Waals surface area contributed by atoms with Crippen LogP contribution in [0.1, 0.15) is 40.2 Å². The van der Waals surface area contributed by atoms with Gasteiger partial charge >= 0.3 is 0 Å². The van der Waals surface area contributed by atoms with Crippen LogP contribution in [0.4, 0.5) is 0 Å². The average Bonchev–Trinajstić information content (AvgIpc) is 3.38. The number of aromatic amines is 1. The molecule has 0 atom stereocenters. The number of nitrogens with zero attached hydrogens (tertiary/aromatic N) is 2. The van der Waals surface area contributed by atoms with Gasteiger partial charge in [-0.3, -0.25) is 9.59 Å². The minimum Gasteiger partial charge on any atom is -0.334 e. The van der Waals surface area contributed by atoms with Crippen molar-refractivity contribution < 1.29 is 4.79 Å². The van der Waals surface area contributed by atoms with Crippen LogP contribution in [0.3, 0.4) is 0 Å². The largest absolute Gasteiger partial charge is 0.334 e. The summed E-state index contributed by atoms with van der Waals surface area (Å²) in [5.41, 5.74) is 6.00. The predicted octanol–water partition coefficient (Wildman–Crippen LogP) is 5.31. The SMILES string of the molecule is O=C(CCSCc1nc2sc3c(c2c(=O)[nH]1)CCC3)N1Cc2ccccc2-c2ccccc2C1. The molecule has 0 unspecified atom stereocenters. The number of carbonyl (C=O) groups is 1. The van der Waals surface area contributed by atoms with Crippen LogP contribution in [-0.2, 0) is 36.5 Å². The Hall–Kier alpha value is -2.90. The van der Waals surface area contributed by atoms with Gasteiger partial charge in [-0.25, -0.2) is 4.98 Å². The van der Waals surface area contributed by atoms with E-state index >= 15 is 0 Å². The lowest BCUT2D eigenvalue weighted by Gasteiger charge is -2.21. The van der Waals surface area contributed by atoms with Gasteiger partial charge < -0.3 is 9.88 Å². The predicted molar refractivity (Wildman–Crippen MR) is 139 cm³/mol. The van der Waals surface area contributed by atoms with Crippen LogP contribution >= 0.6 is 23.1 Å². The molecule has 5 nitrogen and oxygen atoms in total. The van der Waals surface area contributed by atoms with Crippen molar-refractivity contribution in [2.45, 2.75) is 44.5 Å². The molecule has 2 aromatic heterocycles. The number of aryl methyl sites for hydroxylation is 2. The first-order chi connectivity index (χ1) is 16.7. The lowest BCUT2D eigenvalue weighted by Crippen LogP contribution is -2.29. The molecule has 1 aliphatic carbocycles. The Morgan fingerprint density at radius 1 is 1.03 bits per heavy atom. The third kappa shape index (κ3) is 3.97. The summed E-state index contributed by atoms with van der Waals surface area (Å²) in [7, 11) is 0. The van der Waals surface area contributed by atoms with Crippen molar-refractivity contribution in [1.29, 1.82) is 0 Å².